The van der Waals surface area contributed by atoms with Gasteiger partial charge in [0.05, 0.1) is 0 Å². The molecule has 0 bridgehead atoms. The summed E-state index contributed by atoms with van der Waals surface area (Å²) in [6, 6.07) is 0. The van der Waals surface area contributed by atoms with Gasteiger partial charge in [0.15, 0.2) is 0 Å². The molecule has 0 rings (SSSR count). The van der Waals surface area contributed by atoms with Crippen LogP contribution in [0, 0.1) is 5.92 Å². The van der Waals surface area contributed by atoms with Crippen LogP contribution in [0.15, 0.2) is 0 Å². The molecule has 1 atom stereocenters. The van der Waals surface area contributed by atoms with Crippen LogP contribution >= 0.6 is 0 Å². The van der Waals surface area contributed by atoms with Crippen molar-refractivity contribution in [3.63, 3.8) is 0 Å². The summed E-state index contributed by atoms with van der Waals surface area (Å²) in [4.78, 5) is 0. The number of hydrogen-bond donors (Lipinski definition) is 0. The average Bonchev–Trinajstić information content (AvgIpc) is 1.91. The van der Waals surface area contributed by atoms with E-state index in [9.17, 15) is 0 Å². The van der Waals surface area contributed by atoms with E-state index in [1.54, 1.807) is 0 Å². The minimum absolute atomic E-state index is 1.06. The van der Waals surface area contributed by atoms with E-state index in [1.165, 1.54) is 53.1 Å². The third-order valence-corrected chi connectivity index (χ3v) is 3.78. The van der Waals surface area contributed by atoms with Crippen LogP contribution in [-0.2, 0) is 0 Å². The quantitative estimate of drug-likeness (QED) is 0.643. The molecule has 0 aromatic heterocycles. The van der Waals surface area contributed by atoms with Crippen LogP contribution in [0.5, 0.6) is 0 Å². The van der Waals surface area contributed by atoms with Crippen LogP contribution in [0.4, 0.5) is 0 Å². The maximum atomic E-state index is 2.32. The fourth-order valence-electron chi connectivity index (χ4n) is 0.981. The molecule has 0 nitrogen and oxygen atoms in total. The Kier molecular flexibility index (Phi) is 7.56. The normalized spacial score (nSPS) is 13.7. The third kappa shape index (κ3) is 5.27. The maximum absolute atomic E-state index is 2.32. The van der Waals surface area contributed by atoms with Gasteiger partial charge in [-0.2, -0.15) is 0 Å². The van der Waals surface area contributed by atoms with Crippen molar-refractivity contribution in [1.29, 1.82) is 0 Å². The molecule has 0 aromatic carbocycles. The Bertz CT molecular complexity index is 48.5. The van der Waals surface area contributed by atoms with E-state index >= 15 is 0 Å². The average molecular weight is 237 g/mol. The second-order valence-corrected chi connectivity index (χ2v) is 4.00. The molecule has 0 aliphatic carbocycles. The molecule has 0 amide bonds. The van der Waals surface area contributed by atoms with Gasteiger partial charge in [0.2, 0.25) is 0 Å². The number of unbranched alkanes of at least 4 members (excludes halogenated alkanes) is 1. The van der Waals surface area contributed by atoms with E-state index in [2.05, 4.69) is 13.8 Å². The molecule has 0 radical (unpaired) electrons. The Balaban J connectivity index is 3.09. The van der Waals surface area contributed by atoms with E-state index in [0.717, 1.165) is 5.92 Å². The molecule has 0 N–H and O–H groups in total. The molecule has 56 valence electrons. The Morgan fingerprint density at radius 3 is 2.33 bits per heavy atom. The van der Waals surface area contributed by atoms with Gasteiger partial charge in [0.1, 0.15) is 0 Å². The van der Waals surface area contributed by atoms with Crippen molar-refractivity contribution < 1.29 is 0 Å². The molecule has 1 heteroatoms. The molecule has 0 fully saturated rings. The van der Waals surface area contributed by atoms with E-state index < -0.39 is 0 Å². The summed E-state index contributed by atoms with van der Waals surface area (Å²) < 4.78 is 1.50. The SMILES string of the molecule is CCCCC(CC)[CH2][SbH2]. The summed E-state index contributed by atoms with van der Waals surface area (Å²) in [5, 5.41) is 0. The van der Waals surface area contributed by atoms with E-state index in [-0.39, 0.29) is 0 Å². The second-order valence-electron chi connectivity index (χ2n) is 2.65. The van der Waals surface area contributed by atoms with Gasteiger partial charge in [-0.1, -0.05) is 0 Å². The first kappa shape index (κ1) is 9.82. The molecule has 0 aliphatic heterocycles. The van der Waals surface area contributed by atoms with Crippen molar-refractivity contribution in [2.75, 3.05) is 0 Å². The van der Waals surface area contributed by atoms with Crippen LogP contribution in [0.3, 0.4) is 0 Å². The number of rotatable bonds is 5. The number of hydrogen-bond acceptors (Lipinski definition) is 0. The first-order chi connectivity index (χ1) is 4.35. The zero-order chi connectivity index (χ0) is 7.11. The van der Waals surface area contributed by atoms with Gasteiger partial charge in [-0.05, 0) is 0 Å². The van der Waals surface area contributed by atoms with E-state index in [1.807, 2.05) is 0 Å². The molecule has 0 aromatic rings. The predicted molar refractivity (Wildman–Crippen MR) is 46.7 cm³/mol. The second kappa shape index (κ2) is 6.93. The van der Waals surface area contributed by atoms with Gasteiger partial charge in [0.25, 0.3) is 0 Å². The van der Waals surface area contributed by atoms with Crippen molar-refractivity contribution >= 4 is 23.0 Å². The zero-order valence-corrected chi connectivity index (χ0v) is 9.99. The molecule has 0 saturated heterocycles. The van der Waals surface area contributed by atoms with Crippen molar-refractivity contribution in [3.05, 3.63) is 0 Å². The summed E-state index contributed by atoms with van der Waals surface area (Å²) in [5.41, 5.74) is 0. The van der Waals surface area contributed by atoms with Crippen LogP contribution < -0.4 is 0 Å². The summed E-state index contributed by atoms with van der Waals surface area (Å²) in [6.45, 7) is 4.59. The van der Waals surface area contributed by atoms with Gasteiger partial charge in [-0.15, -0.1) is 0 Å². The van der Waals surface area contributed by atoms with Crippen LogP contribution in [0.1, 0.15) is 39.5 Å². The Morgan fingerprint density at radius 2 is 2.00 bits per heavy atom. The van der Waals surface area contributed by atoms with Gasteiger partial charge < -0.3 is 0 Å². The monoisotopic (exact) mass is 236 g/mol. The summed E-state index contributed by atoms with van der Waals surface area (Å²) in [5.74, 6) is 1.06. The Labute approximate surface area is 72.9 Å². The predicted octanol–water partition coefficient (Wildman–Crippen LogP) is 2.25. The molecule has 0 aliphatic rings. The first-order valence-corrected chi connectivity index (χ1v) is 6.38. The molecule has 9 heavy (non-hydrogen) atoms. The molecule has 1 unspecified atom stereocenters. The summed E-state index contributed by atoms with van der Waals surface area (Å²) >= 11 is 1.46. The van der Waals surface area contributed by atoms with Crippen molar-refractivity contribution in [2.24, 2.45) is 5.92 Å². The van der Waals surface area contributed by atoms with Crippen molar-refractivity contribution in [1.82, 2.24) is 0 Å². The zero-order valence-electron chi connectivity index (χ0n) is 6.69. The van der Waals surface area contributed by atoms with Crippen LogP contribution in [0.25, 0.3) is 0 Å². The Hall–Kier alpha value is 0.818. The Morgan fingerprint density at radius 1 is 1.33 bits per heavy atom. The topological polar surface area (TPSA) is 0 Å². The van der Waals surface area contributed by atoms with Crippen LogP contribution in [0.2, 0.25) is 4.37 Å². The molecular weight excluding hydrogens is 218 g/mol. The first-order valence-electron chi connectivity index (χ1n) is 4.05. The van der Waals surface area contributed by atoms with E-state index in [0.29, 0.717) is 0 Å². The fraction of sp³-hybridized carbons (Fsp3) is 1.00. The molecule has 0 heterocycles. The fourth-order valence-corrected chi connectivity index (χ4v) is 2.61. The third-order valence-electron chi connectivity index (χ3n) is 1.88. The molecular formula is C8H19Sb. The summed E-state index contributed by atoms with van der Waals surface area (Å²) in [7, 11) is 0. The van der Waals surface area contributed by atoms with E-state index in [4.69, 9.17) is 0 Å². The van der Waals surface area contributed by atoms with Crippen molar-refractivity contribution in [2.45, 2.75) is 43.9 Å². The summed E-state index contributed by atoms with van der Waals surface area (Å²) in [6.07, 6.45) is 5.70. The molecule has 0 saturated carbocycles. The van der Waals surface area contributed by atoms with Gasteiger partial charge in [-0.25, -0.2) is 0 Å². The van der Waals surface area contributed by atoms with Crippen molar-refractivity contribution in [3.8, 4) is 0 Å². The van der Waals surface area contributed by atoms with Gasteiger partial charge >= 0.3 is 72.8 Å². The standard InChI is InChI=1S/C8H17.Sb.2H/c1-4-6-7-8(3)5-2;;;/h8H,3-7H2,1-2H3;;;. The van der Waals surface area contributed by atoms with Crippen LogP contribution in [-0.4, -0.2) is 23.0 Å². The van der Waals surface area contributed by atoms with Gasteiger partial charge in [0, 0.05) is 0 Å². The minimum atomic E-state index is 1.06. The van der Waals surface area contributed by atoms with Gasteiger partial charge in [-0.3, -0.25) is 0 Å². The molecule has 0 spiro atoms.